The largest absolute Gasteiger partial charge is 0.493 e. The second kappa shape index (κ2) is 7.72. The van der Waals surface area contributed by atoms with Crippen LogP contribution in [0.2, 0.25) is 0 Å². The first-order valence-corrected chi connectivity index (χ1v) is 9.04. The van der Waals surface area contributed by atoms with Crippen molar-refractivity contribution in [1.82, 2.24) is 9.80 Å². The van der Waals surface area contributed by atoms with Crippen LogP contribution >= 0.6 is 0 Å². The molecule has 0 radical (unpaired) electrons. The van der Waals surface area contributed by atoms with Gasteiger partial charge in [-0.15, -0.1) is 0 Å². The van der Waals surface area contributed by atoms with Gasteiger partial charge in [-0.3, -0.25) is 4.90 Å². The fourth-order valence-corrected chi connectivity index (χ4v) is 3.99. The number of benzene rings is 1. The Balaban J connectivity index is 1.84. The summed E-state index contributed by atoms with van der Waals surface area (Å²) in [5.74, 6) is 2.34. The topological polar surface area (TPSA) is 51.0 Å². The highest BCUT2D eigenvalue weighted by molar-refractivity contribution is 5.48. The van der Waals surface area contributed by atoms with E-state index in [-0.39, 0.29) is 6.10 Å². The van der Waals surface area contributed by atoms with Gasteiger partial charge in [-0.05, 0) is 51.9 Å². The standard InChI is InChI=1S/C19H31N3O2/c1-21-9-7-15(8-10-21)24-19-16(5-4-6-18(19)23-3)17-11-14(12-20)13-22(17)2/h4-6,14-15,17H,7-13,20H2,1-3H3. The Morgan fingerprint density at radius 3 is 2.58 bits per heavy atom. The highest BCUT2D eigenvalue weighted by Crippen LogP contribution is 2.43. The third kappa shape index (κ3) is 3.68. The average Bonchev–Trinajstić information content (AvgIpc) is 2.98. The molecule has 0 aromatic heterocycles. The summed E-state index contributed by atoms with van der Waals surface area (Å²) in [5, 5.41) is 0. The summed E-state index contributed by atoms with van der Waals surface area (Å²) in [7, 11) is 6.08. The second-order valence-corrected chi connectivity index (χ2v) is 7.29. The first-order valence-electron chi connectivity index (χ1n) is 9.04. The summed E-state index contributed by atoms with van der Waals surface area (Å²) in [6, 6.07) is 6.62. The summed E-state index contributed by atoms with van der Waals surface area (Å²) in [6.45, 7) is 3.98. The van der Waals surface area contributed by atoms with Crippen LogP contribution in [0.15, 0.2) is 18.2 Å². The molecule has 24 heavy (non-hydrogen) atoms. The van der Waals surface area contributed by atoms with Crippen molar-refractivity contribution in [2.45, 2.75) is 31.4 Å². The molecule has 0 amide bonds. The molecule has 1 aromatic carbocycles. The summed E-state index contributed by atoms with van der Waals surface area (Å²) in [5.41, 5.74) is 7.15. The molecule has 2 N–H and O–H groups in total. The van der Waals surface area contributed by atoms with Crippen LogP contribution < -0.4 is 15.2 Å². The van der Waals surface area contributed by atoms with Crippen LogP contribution in [-0.2, 0) is 0 Å². The van der Waals surface area contributed by atoms with E-state index in [0.717, 1.165) is 56.9 Å². The molecule has 0 spiro atoms. The van der Waals surface area contributed by atoms with E-state index < -0.39 is 0 Å². The van der Waals surface area contributed by atoms with Gasteiger partial charge >= 0.3 is 0 Å². The molecule has 0 aliphatic carbocycles. The molecule has 2 aliphatic heterocycles. The molecule has 134 valence electrons. The van der Waals surface area contributed by atoms with E-state index in [0.29, 0.717) is 12.0 Å². The lowest BCUT2D eigenvalue weighted by atomic mass is 9.98. The van der Waals surface area contributed by atoms with Gasteiger partial charge in [0.2, 0.25) is 0 Å². The number of ether oxygens (including phenoxy) is 2. The predicted octanol–water partition coefficient (Wildman–Crippen LogP) is 2.12. The molecule has 2 atom stereocenters. The lowest BCUT2D eigenvalue weighted by molar-refractivity contribution is 0.108. The van der Waals surface area contributed by atoms with Crippen LogP contribution in [0.3, 0.4) is 0 Å². The Hall–Kier alpha value is -1.30. The number of hydrogen-bond donors (Lipinski definition) is 1. The number of para-hydroxylation sites is 1. The monoisotopic (exact) mass is 333 g/mol. The Bertz CT molecular complexity index is 543. The minimum Gasteiger partial charge on any atom is -0.493 e. The Morgan fingerprint density at radius 2 is 1.96 bits per heavy atom. The van der Waals surface area contributed by atoms with Crippen molar-refractivity contribution in [2.75, 3.05) is 47.4 Å². The second-order valence-electron chi connectivity index (χ2n) is 7.29. The number of nitrogens with two attached hydrogens (primary N) is 1. The van der Waals surface area contributed by atoms with Crippen molar-refractivity contribution in [1.29, 1.82) is 0 Å². The van der Waals surface area contributed by atoms with Gasteiger partial charge in [0.05, 0.1) is 7.11 Å². The van der Waals surface area contributed by atoms with E-state index in [9.17, 15) is 0 Å². The first kappa shape index (κ1) is 17.5. The van der Waals surface area contributed by atoms with Crippen LogP contribution in [0.4, 0.5) is 0 Å². The van der Waals surface area contributed by atoms with Gasteiger partial charge in [0, 0.05) is 31.2 Å². The van der Waals surface area contributed by atoms with E-state index in [1.807, 2.05) is 6.07 Å². The third-order valence-corrected chi connectivity index (χ3v) is 5.51. The smallest absolute Gasteiger partial charge is 0.166 e. The summed E-state index contributed by atoms with van der Waals surface area (Å²) in [6.07, 6.45) is 3.50. The zero-order valence-electron chi connectivity index (χ0n) is 15.2. The van der Waals surface area contributed by atoms with E-state index in [1.54, 1.807) is 7.11 Å². The minimum atomic E-state index is 0.272. The number of likely N-dealkylation sites (tertiary alicyclic amines) is 2. The van der Waals surface area contributed by atoms with Crippen molar-refractivity contribution in [3.8, 4) is 11.5 Å². The van der Waals surface area contributed by atoms with E-state index in [1.165, 1.54) is 5.56 Å². The molecule has 1 aromatic rings. The van der Waals surface area contributed by atoms with Crippen LogP contribution in [0.1, 0.15) is 30.9 Å². The quantitative estimate of drug-likeness (QED) is 0.894. The zero-order valence-corrected chi connectivity index (χ0v) is 15.2. The SMILES string of the molecule is COc1cccc(C2CC(CN)CN2C)c1OC1CCN(C)CC1. The highest BCUT2D eigenvalue weighted by atomic mass is 16.5. The van der Waals surface area contributed by atoms with Crippen molar-refractivity contribution in [3.63, 3.8) is 0 Å². The molecule has 2 unspecified atom stereocenters. The Morgan fingerprint density at radius 1 is 1.21 bits per heavy atom. The number of rotatable bonds is 5. The molecule has 2 saturated heterocycles. The van der Waals surface area contributed by atoms with Gasteiger partial charge in [-0.2, -0.15) is 0 Å². The van der Waals surface area contributed by atoms with Gasteiger partial charge in [0.25, 0.3) is 0 Å². The maximum atomic E-state index is 6.48. The molecule has 2 aliphatic rings. The van der Waals surface area contributed by atoms with Crippen LogP contribution in [0.5, 0.6) is 11.5 Å². The fourth-order valence-electron chi connectivity index (χ4n) is 3.99. The summed E-state index contributed by atoms with van der Waals surface area (Å²) in [4.78, 5) is 4.76. The normalized spacial score (nSPS) is 26.7. The van der Waals surface area contributed by atoms with Gasteiger partial charge in [0.1, 0.15) is 6.10 Å². The lowest BCUT2D eigenvalue weighted by Gasteiger charge is -2.31. The molecule has 5 heteroatoms. The van der Waals surface area contributed by atoms with Crippen molar-refractivity contribution in [2.24, 2.45) is 11.7 Å². The maximum Gasteiger partial charge on any atom is 0.166 e. The van der Waals surface area contributed by atoms with Crippen LogP contribution in [0, 0.1) is 5.92 Å². The molecular formula is C19H31N3O2. The predicted molar refractivity (Wildman–Crippen MR) is 96.7 cm³/mol. The summed E-state index contributed by atoms with van der Waals surface area (Å²) >= 11 is 0. The third-order valence-electron chi connectivity index (χ3n) is 5.51. The highest BCUT2D eigenvalue weighted by Gasteiger charge is 2.33. The van der Waals surface area contributed by atoms with Gasteiger partial charge < -0.3 is 20.1 Å². The van der Waals surface area contributed by atoms with Gasteiger partial charge in [-0.1, -0.05) is 12.1 Å². The molecule has 0 saturated carbocycles. The van der Waals surface area contributed by atoms with Gasteiger partial charge in [0.15, 0.2) is 11.5 Å². The van der Waals surface area contributed by atoms with E-state index in [2.05, 4.69) is 36.0 Å². The molecular weight excluding hydrogens is 302 g/mol. The number of hydrogen-bond acceptors (Lipinski definition) is 5. The van der Waals surface area contributed by atoms with E-state index in [4.69, 9.17) is 15.2 Å². The molecule has 3 rings (SSSR count). The Labute approximate surface area is 145 Å². The van der Waals surface area contributed by atoms with Crippen molar-refractivity contribution >= 4 is 0 Å². The first-order chi connectivity index (χ1) is 11.6. The Kier molecular flexibility index (Phi) is 5.64. The molecule has 5 nitrogen and oxygen atoms in total. The number of piperidine rings is 1. The molecule has 2 heterocycles. The minimum absolute atomic E-state index is 0.272. The van der Waals surface area contributed by atoms with Crippen molar-refractivity contribution in [3.05, 3.63) is 23.8 Å². The van der Waals surface area contributed by atoms with Crippen molar-refractivity contribution < 1.29 is 9.47 Å². The maximum absolute atomic E-state index is 6.48. The number of methoxy groups -OCH3 is 1. The fraction of sp³-hybridized carbons (Fsp3) is 0.684. The van der Waals surface area contributed by atoms with Crippen LogP contribution in [0.25, 0.3) is 0 Å². The average molecular weight is 333 g/mol. The summed E-state index contributed by atoms with van der Waals surface area (Å²) < 4.78 is 12.1. The zero-order chi connectivity index (χ0) is 17.1. The van der Waals surface area contributed by atoms with E-state index >= 15 is 0 Å². The van der Waals surface area contributed by atoms with Gasteiger partial charge in [-0.25, -0.2) is 0 Å². The number of nitrogens with zero attached hydrogens (tertiary/aromatic N) is 2. The van der Waals surface area contributed by atoms with Crippen LogP contribution in [-0.4, -0.2) is 63.3 Å². The molecule has 2 fully saturated rings. The molecule has 0 bridgehead atoms. The lowest BCUT2D eigenvalue weighted by Crippen LogP contribution is -2.36.